The van der Waals surface area contributed by atoms with Gasteiger partial charge in [0.2, 0.25) is 11.0 Å². The zero-order valence-electron chi connectivity index (χ0n) is 18.5. The molecule has 0 aliphatic carbocycles. The van der Waals surface area contributed by atoms with Gasteiger partial charge in [0, 0.05) is 17.9 Å². The molecule has 0 fully saturated rings. The third-order valence-electron chi connectivity index (χ3n) is 5.57. The number of rotatable bonds is 7. The van der Waals surface area contributed by atoms with Crippen LogP contribution in [-0.4, -0.2) is 33.9 Å². The molecule has 7 nitrogen and oxygen atoms in total. The van der Waals surface area contributed by atoms with Gasteiger partial charge in [-0.1, -0.05) is 36.1 Å². The van der Waals surface area contributed by atoms with Gasteiger partial charge >= 0.3 is 0 Å². The van der Waals surface area contributed by atoms with Gasteiger partial charge in [0.1, 0.15) is 23.9 Å². The van der Waals surface area contributed by atoms with E-state index in [-0.39, 0.29) is 11.8 Å². The van der Waals surface area contributed by atoms with Crippen molar-refractivity contribution in [3.05, 3.63) is 71.9 Å². The van der Waals surface area contributed by atoms with Crippen LogP contribution in [0.4, 0.5) is 5.82 Å². The standard InChI is InChI=1S/C25H24N4O3S/c1-4-11-32-17-8-6-7-16(12-17)19-14-22(30)27-24-23(19)15(3)28-29(24)25-26-20-10-9-18(31-5-2)13-21(20)33-25/h4,6-10,12-13,19H,1,5,11,14H2,2-3H3,(H,27,30)/t19-/m1/s1. The Balaban J connectivity index is 1.57. The van der Waals surface area contributed by atoms with Gasteiger partial charge in [-0.05, 0) is 49.7 Å². The fraction of sp³-hybridized carbons (Fsp3) is 0.240. The van der Waals surface area contributed by atoms with E-state index in [9.17, 15) is 4.79 Å². The highest BCUT2D eigenvalue weighted by Crippen LogP contribution is 2.42. The maximum atomic E-state index is 12.7. The molecular formula is C25H24N4O3S. The highest BCUT2D eigenvalue weighted by atomic mass is 32.1. The summed E-state index contributed by atoms with van der Waals surface area (Å²) in [6, 6.07) is 13.7. The van der Waals surface area contributed by atoms with Crippen LogP contribution in [0.25, 0.3) is 15.3 Å². The third kappa shape index (κ3) is 3.98. The van der Waals surface area contributed by atoms with Crippen LogP contribution in [0.5, 0.6) is 11.5 Å². The van der Waals surface area contributed by atoms with Gasteiger partial charge in [-0.2, -0.15) is 9.78 Å². The quantitative estimate of drug-likeness (QED) is 0.382. The fourth-order valence-corrected chi connectivity index (χ4v) is 5.14. The maximum Gasteiger partial charge on any atom is 0.226 e. The number of hydrogen-bond donors (Lipinski definition) is 1. The predicted octanol–water partition coefficient (Wildman–Crippen LogP) is 5.23. The molecule has 4 aromatic rings. The zero-order chi connectivity index (χ0) is 22.9. The van der Waals surface area contributed by atoms with Crippen LogP contribution in [-0.2, 0) is 4.79 Å². The number of benzene rings is 2. The number of amides is 1. The lowest BCUT2D eigenvalue weighted by molar-refractivity contribution is -0.116. The Bertz CT molecular complexity index is 1360. The van der Waals surface area contributed by atoms with Crippen molar-refractivity contribution < 1.29 is 14.3 Å². The molecule has 1 amide bonds. The first kappa shape index (κ1) is 21.2. The average Bonchev–Trinajstić information content (AvgIpc) is 3.38. The second-order valence-electron chi connectivity index (χ2n) is 7.80. The molecule has 1 aliphatic heterocycles. The van der Waals surface area contributed by atoms with Gasteiger partial charge in [0.15, 0.2) is 0 Å². The molecule has 3 heterocycles. The van der Waals surface area contributed by atoms with Crippen LogP contribution >= 0.6 is 11.3 Å². The number of aromatic nitrogens is 3. The number of aryl methyl sites for hydroxylation is 1. The Hall–Kier alpha value is -3.65. The first-order chi connectivity index (χ1) is 16.1. The minimum atomic E-state index is -0.117. The summed E-state index contributed by atoms with van der Waals surface area (Å²) in [5.41, 5.74) is 3.75. The van der Waals surface area contributed by atoms with Crippen molar-refractivity contribution in [2.24, 2.45) is 0 Å². The monoisotopic (exact) mass is 460 g/mol. The van der Waals surface area contributed by atoms with Crippen LogP contribution in [0.1, 0.15) is 36.1 Å². The van der Waals surface area contributed by atoms with E-state index >= 15 is 0 Å². The maximum absolute atomic E-state index is 12.7. The van der Waals surface area contributed by atoms with E-state index in [4.69, 9.17) is 19.6 Å². The van der Waals surface area contributed by atoms with Gasteiger partial charge in [-0.15, -0.1) is 0 Å². The number of ether oxygens (including phenoxy) is 2. The molecule has 0 saturated carbocycles. The minimum Gasteiger partial charge on any atom is -0.494 e. The number of anilines is 1. The molecule has 1 aliphatic rings. The predicted molar refractivity (Wildman–Crippen MR) is 130 cm³/mol. The van der Waals surface area contributed by atoms with Crippen LogP contribution in [0.2, 0.25) is 0 Å². The number of carbonyl (C=O) groups is 1. The molecule has 0 bridgehead atoms. The number of thiazole rings is 1. The van der Waals surface area contributed by atoms with Crippen molar-refractivity contribution in [1.29, 1.82) is 0 Å². The van der Waals surface area contributed by atoms with Crippen molar-refractivity contribution in [3.63, 3.8) is 0 Å². The van der Waals surface area contributed by atoms with E-state index in [1.54, 1.807) is 10.8 Å². The average molecular weight is 461 g/mol. The SMILES string of the molecule is C=CCOc1cccc([C@H]2CC(=O)Nc3c2c(C)nn3-c2nc3ccc(OCC)cc3s2)c1. The Morgan fingerprint density at radius 2 is 2.09 bits per heavy atom. The largest absolute Gasteiger partial charge is 0.494 e. The highest BCUT2D eigenvalue weighted by Gasteiger charge is 2.33. The molecular weight excluding hydrogens is 436 g/mol. The highest BCUT2D eigenvalue weighted by molar-refractivity contribution is 7.20. The summed E-state index contributed by atoms with van der Waals surface area (Å²) in [5, 5.41) is 8.51. The Labute approximate surface area is 195 Å². The van der Waals surface area contributed by atoms with E-state index in [0.717, 1.165) is 38.5 Å². The second kappa shape index (κ2) is 8.71. The summed E-state index contributed by atoms with van der Waals surface area (Å²) in [7, 11) is 0. The number of nitrogens with one attached hydrogen (secondary N) is 1. The van der Waals surface area contributed by atoms with E-state index < -0.39 is 0 Å². The summed E-state index contributed by atoms with van der Waals surface area (Å²) >= 11 is 1.52. The molecule has 168 valence electrons. The summed E-state index contributed by atoms with van der Waals surface area (Å²) in [6.45, 7) is 8.67. The van der Waals surface area contributed by atoms with Crippen molar-refractivity contribution >= 4 is 33.3 Å². The summed E-state index contributed by atoms with van der Waals surface area (Å²) in [5.74, 6) is 2.07. The number of fused-ring (bicyclic) bond motifs is 2. The number of hydrogen-bond acceptors (Lipinski definition) is 6. The lowest BCUT2D eigenvalue weighted by Crippen LogP contribution is -2.25. The van der Waals surface area contributed by atoms with Gasteiger partial charge in [-0.3, -0.25) is 4.79 Å². The summed E-state index contributed by atoms with van der Waals surface area (Å²) in [4.78, 5) is 17.5. The minimum absolute atomic E-state index is 0.0502. The van der Waals surface area contributed by atoms with Crippen LogP contribution in [0.15, 0.2) is 55.1 Å². The molecule has 1 N–H and O–H groups in total. The Morgan fingerprint density at radius 3 is 2.91 bits per heavy atom. The Morgan fingerprint density at radius 1 is 1.24 bits per heavy atom. The van der Waals surface area contributed by atoms with Gasteiger partial charge < -0.3 is 14.8 Å². The molecule has 2 aromatic heterocycles. The summed E-state index contributed by atoms with van der Waals surface area (Å²) in [6.07, 6.45) is 2.06. The second-order valence-corrected chi connectivity index (χ2v) is 8.80. The van der Waals surface area contributed by atoms with Crippen molar-refractivity contribution in [2.75, 3.05) is 18.5 Å². The van der Waals surface area contributed by atoms with Crippen LogP contribution in [0, 0.1) is 6.92 Å². The Kier molecular flexibility index (Phi) is 5.60. The zero-order valence-corrected chi connectivity index (χ0v) is 19.3. The number of carbonyl (C=O) groups excluding carboxylic acids is 1. The van der Waals surface area contributed by atoms with E-state index in [1.807, 2.05) is 56.3 Å². The van der Waals surface area contributed by atoms with Gasteiger partial charge in [-0.25, -0.2) is 4.98 Å². The lowest BCUT2D eigenvalue weighted by Gasteiger charge is -2.24. The molecule has 0 spiro atoms. The molecule has 0 radical (unpaired) electrons. The van der Waals surface area contributed by atoms with Gasteiger partial charge in [0.05, 0.1) is 22.5 Å². The van der Waals surface area contributed by atoms with E-state index in [1.165, 1.54) is 11.3 Å². The van der Waals surface area contributed by atoms with Crippen molar-refractivity contribution in [3.8, 4) is 16.6 Å². The third-order valence-corrected chi connectivity index (χ3v) is 6.57. The van der Waals surface area contributed by atoms with Gasteiger partial charge in [0.25, 0.3) is 0 Å². The molecule has 8 heteroatoms. The first-order valence-corrected chi connectivity index (χ1v) is 11.7. The topological polar surface area (TPSA) is 78.3 Å². The number of nitrogens with zero attached hydrogens (tertiary/aromatic N) is 3. The van der Waals surface area contributed by atoms with Crippen LogP contribution in [0.3, 0.4) is 0 Å². The van der Waals surface area contributed by atoms with Crippen LogP contribution < -0.4 is 14.8 Å². The van der Waals surface area contributed by atoms with Crippen molar-refractivity contribution in [1.82, 2.24) is 14.8 Å². The molecule has 33 heavy (non-hydrogen) atoms. The molecule has 0 unspecified atom stereocenters. The molecule has 1 atom stereocenters. The van der Waals surface area contributed by atoms with E-state index in [2.05, 4.69) is 11.9 Å². The smallest absolute Gasteiger partial charge is 0.226 e. The summed E-state index contributed by atoms with van der Waals surface area (Å²) < 4.78 is 14.1. The molecule has 2 aromatic carbocycles. The van der Waals surface area contributed by atoms with Crippen molar-refractivity contribution in [2.45, 2.75) is 26.2 Å². The fourth-order valence-electron chi connectivity index (χ4n) is 4.19. The molecule has 0 saturated heterocycles. The first-order valence-electron chi connectivity index (χ1n) is 10.8. The normalized spacial score (nSPS) is 15.2. The molecule has 5 rings (SSSR count). The van der Waals surface area contributed by atoms with E-state index in [0.29, 0.717) is 30.6 Å². The lowest BCUT2D eigenvalue weighted by atomic mass is 9.86.